The van der Waals surface area contributed by atoms with Gasteiger partial charge in [0.2, 0.25) is 5.91 Å². The first-order valence-corrected chi connectivity index (χ1v) is 7.61. The summed E-state index contributed by atoms with van der Waals surface area (Å²) in [4.78, 5) is 11.6. The predicted molar refractivity (Wildman–Crippen MR) is 83.4 cm³/mol. The molecule has 0 bridgehead atoms. The number of halogens is 2. The molecule has 19 heavy (non-hydrogen) atoms. The molecule has 0 radical (unpaired) electrons. The third kappa shape index (κ3) is 4.78. The number of hydrogen-bond donors (Lipinski definition) is 2. The fraction of sp³-hybridized carbons (Fsp3) is 0.462. The van der Waals surface area contributed by atoms with E-state index in [1.807, 2.05) is 26.0 Å². The van der Waals surface area contributed by atoms with Crippen molar-refractivity contribution in [3.05, 3.63) is 26.6 Å². The molecule has 1 rings (SSSR count). The van der Waals surface area contributed by atoms with Gasteiger partial charge in [-0.05, 0) is 63.4 Å². The van der Waals surface area contributed by atoms with E-state index in [1.165, 1.54) is 0 Å². The van der Waals surface area contributed by atoms with Crippen LogP contribution >= 0.6 is 31.9 Å². The molecule has 1 amide bonds. The lowest BCUT2D eigenvalue weighted by molar-refractivity contribution is -0.122. The van der Waals surface area contributed by atoms with Crippen molar-refractivity contribution in [3.8, 4) is 5.75 Å². The monoisotopic (exact) mass is 392 g/mol. The van der Waals surface area contributed by atoms with Crippen LogP contribution in [0.4, 0.5) is 0 Å². The summed E-state index contributed by atoms with van der Waals surface area (Å²) in [6.07, 6.45) is 0. The maximum atomic E-state index is 11.6. The zero-order valence-electron chi connectivity index (χ0n) is 11.2. The maximum absolute atomic E-state index is 11.6. The molecule has 0 aliphatic carbocycles. The number of carbonyl (C=O) groups is 1. The van der Waals surface area contributed by atoms with E-state index < -0.39 is 0 Å². The molecular formula is C13H18Br2N2O2. The molecule has 0 saturated carbocycles. The molecule has 2 N–H and O–H groups in total. The van der Waals surface area contributed by atoms with E-state index in [9.17, 15) is 4.79 Å². The fourth-order valence-corrected chi connectivity index (χ4v) is 3.21. The Labute approximate surface area is 130 Å². The molecule has 1 atom stereocenters. The Morgan fingerprint density at radius 3 is 2.42 bits per heavy atom. The molecule has 4 nitrogen and oxygen atoms in total. The molecule has 0 saturated heterocycles. The Morgan fingerprint density at radius 1 is 1.37 bits per heavy atom. The van der Waals surface area contributed by atoms with Gasteiger partial charge in [-0.25, -0.2) is 0 Å². The molecule has 6 heteroatoms. The molecule has 0 fully saturated rings. The van der Waals surface area contributed by atoms with Crippen molar-refractivity contribution >= 4 is 37.8 Å². The summed E-state index contributed by atoms with van der Waals surface area (Å²) >= 11 is 6.91. The molecule has 1 aromatic carbocycles. The number of benzene rings is 1. The van der Waals surface area contributed by atoms with Gasteiger partial charge in [-0.15, -0.1) is 0 Å². The van der Waals surface area contributed by atoms with Crippen molar-refractivity contribution in [2.24, 2.45) is 0 Å². The molecule has 0 spiro atoms. The van der Waals surface area contributed by atoms with Crippen LogP contribution in [-0.2, 0) is 11.3 Å². The zero-order valence-corrected chi connectivity index (χ0v) is 14.4. The number of methoxy groups -OCH3 is 1. The van der Waals surface area contributed by atoms with Crippen LogP contribution in [0, 0.1) is 0 Å². The number of carbonyl (C=O) groups excluding carboxylic acids is 1. The lowest BCUT2D eigenvalue weighted by Crippen LogP contribution is -2.41. The minimum absolute atomic E-state index is 0.00847. The summed E-state index contributed by atoms with van der Waals surface area (Å²) in [6, 6.07) is 3.72. The van der Waals surface area contributed by atoms with E-state index >= 15 is 0 Å². The third-order valence-electron chi connectivity index (χ3n) is 2.62. The Hall–Kier alpha value is -0.590. The maximum Gasteiger partial charge on any atom is 0.236 e. The summed E-state index contributed by atoms with van der Waals surface area (Å²) in [7, 11) is 1.62. The molecule has 1 aromatic rings. The summed E-state index contributed by atoms with van der Waals surface area (Å²) in [5, 5.41) is 5.96. The van der Waals surface area contributed by atoms with Gasteiger partial charge in [0, 0.05) is 13.1 Å². The van der Waals surface area contributed by atoms with Gasteiger partial charge in [0.25, 0.3) is 0 Å². The van der Waals surface area contributed by atoms with E-state index in [0.29, 0.717) is 13.1 Å². The third-order valence-corrected chi connectivity index (χ3v) is 3.80. The summed E-state index contributed by atoms with van der Waals surface area (Å²) < 4.78 is 7.01. The van der Waals surface area contributed by atoms with Crippen LogP contribution < -0.4 is 15.4 Å². The topological polar surface area (TPSA) is 50.4 Å². The van der Waals surface area contributed by atoms with Crippen LogP contribution in [0.2, 0.25) is 0 Å². The number of likely N-dealkylation sites (N-methyl/N-ethyl adjacent to an activating group) is 1. The first-order chi connectivity index (χ1) is 8.99. The van der Waals surface area contributed by atoms with Crippen molar-refractivity contribution in [2.45, 2.75) is 26.4 Å². The molecular weight excluding hydrogens is 376 g/mol. The normalized spacial score (nSPS) is 12.1. The minimum Gasteiger partial charge on any atom is -0.494 e. The molecule has 0 aliphatic rings. The number of ether oxygens (including phenoxy) is 1. The van der Waals surface area contributed by atoms with Crippen molar-refractivity contribution in [1.29, 1.82) is 0 Å². The summed E-state index contributed by atoms with van der Waals surface area (Å²) in [5.74, 6) is 0.773. The number of rotatable bonds is 6. The van der Waals surface area contributed by atoms with Gasteiger partial charge in [0.1, 0.15) is 5.75 Å². The molecule has 0 heterocycles. The van der Waals surface area contributed by atoms with Crippen molar-refractivity contribution in [2.75, 3.05) is 13.7 Å². The average Bonchev–Trinajstić information content (AvgIpc) is 2.36. The van der Waals surface area contributed by atoms with Crippen LogP contribution in [0.25, 0.3) is 0 Å². The second-order valence-electron chi connectivity index (χ2n) is 4.09. The molecule has 1 unspecified atom stereocenters. The Balaban J connectivity index is 2.66. The Morgan fingerprint density at radius 2 is 1.95 bits per heavy atom. The molecule has 0 aliphatic heterocycles. The van der Waals surface area contributed by atoms with Gasteiger partial charge < -0.3 is 15.4 Å². The summed E-state index contributed by atoms with van der Waals surface area (Å²) in [5.41, 5.74) is 1.07. The van der Waals surface area contributed by atoms with Crippen LogP contribution in [0.3, 0.4) is 0 Å². The van der Waals surface area contributed by atoms with Crippen LogP contribution in [-0.4, -0.2) is 25.6 Å². The Kier molecular flexibility index (Phi) is 6.82. The molecule has 106 valence electrons. The van der Waals surface area contributed by atoms with Crippen molar-refractivity contribution in [3.63, 3.8) is 0 Å². The summed E-state index contributed by atoms with van der Waals surface area (Å²) in [6.45, 7) is 5.00. The van der Waals surface area contributed by atoms with Gasteiger partial charge in [0.05, 0.1) is 22.1 Å². The minimum atomic E-state index is -0.223. The van der Waals surface area contributed by atoms with Gasteiger partial charge >= 0.3 is 0 Å². The highest BCUT2D eigenvalue weighted by Crippen LogP contribution is 2.34. The standard InChI is InChI=1S/C13H18Br2N2O2/c1-4-16-13(18)8(2)17-7-9-5-10(14)12(19-3)11(15)6-9/h5-6,8,17H,4,7H2,1-3H3,(H,16,18). The van der Waals surface area contributed by atoms with Gasteiger partial charge in [0.15, 0.2) is 0 Å². The first kappa shape index (κ1) is 16.5. The van der Waals surface area contributed by atoms with E-state index in [-0.39, 0.29) is 11.9 Å². The molecule has 0 aromatic heterocycles. The number of nitrogens with one attached hydrogen (secondary N) is 2. The second kappa shape index (κ2) is 7.87. The largest absolute Gasteiger partial charge is 0.494 e. The highest BCUT2D eigenvalue weighted by molar-refractivity contribution is 9.11. The smallest absolute Gasteiger partial charge is 0.236 e. The lowest BCUT2D eigenvalue weighted by atomic mass is 10.2. The van der Waals surface area contributed by atoms with Crippen LogP contribution in [0.1, 0.15) is 19.4 Å². The van der Waals surface area contributed by atoms with Crippen LogP contribution in [0.15, 0.2) is 21.1 Å². The van der Waals surface area contributed by atoms with Crippen molar-refractivity contribution in [1.82, 2.24) is 10.6 Å². The zero-order chi connectivity index (χ0) is 14.4. The average molecular weight is 394 g/mol. The van der Waals surface area contributed by atoms with Crippen molar-refractivity contribution < 1.29 is 9.53 Å². The highest BCUT2D eigenvalue weighted by atomic mass is 79.9. The quantitative estimate of drug-likeness (QED) is 0.781. The number of hydrogen-bond acceptors (Lipinski definition) is 3. The first-order valence-electron chi connectivity index (χ1n) is 6.02. The van der Waals surface area contributed by atoms with Gasteiger partial charge in [-0.1, -0.05) is 0 Å². The highest BCUT2D eigenvalue weighted by Gasteiger charge is 2.12. The van der Waals surface area contributed by atoms with E-state index in [0.717, 1.165) is 20.3 Å². The fourth-order valence-electron chi connectivity index (χ4n) is 1.60. The van der Waals surface area contributed by atoms with E-state index in [4.69, 9.17) is 4.74 Å². The van der Waals surface area contributed by atoms with Gasteiger partial charge in [-0.3, -0.25) is 4.79 Å². The van der Waals surface area contributed by atoms with Gasteiger partial charge in [-0.2, -0.15) is 0 Å². The second-order valence-corrected chi connectivity index (χ2v) is 5.80. The van der Waals surface area contributed by atoms with E-state index in [1.54, 1.807) is 7.11 Å². The predicted octanol–water partition coefficient (Wildman–Crippen LogP) is 2.83. The van der Waals surface area contributed by atoms with E-state index in [2.05, 4.69) is 42.5 Å². The Bertz CT molecular complexity index is 429. The lowest BCUT2D eigenvalue weighted by Gasteiger charge is -2.14. The van der Waals surface area contributed by atoms with Crippen LogP contribution in [0.5, 0.6) is 5.75 Å². The SMILES string of the molecule is CCNC(=O)C(C)NCc1cc(Br)c(OC)c(Br)c1. The number of amides is 1.